The fourth-order valence-corrected chi connectivity index (χ4v) is 2.73. The van der Waals surface area contributed by atoms with Crippen LogP contribution in [0.2, 0.25) is 0 Å². The van der Waals surface area contributed by atoms with Crippen LogP contribution in [0.4, 0.5) is 0 Å². The van der Waals surface area contributed by atoms with Crippen LogP contribution in [-0.2, 0) is 9.84 Å². The van der Waals surface area contributed by atoms with E-state index in [2.05, 4.69) is 6.07 Å². The molecule has 5 nitrogen and oxygen atoms in total. The van der Waals surface area contributed by atoms with Crippen molar-refractivity contribution < 1.29 is 8.42 Å². The van der Waals surface area contributed by atoms with E-state index < -0.39 is 9.84 Å². The van der Waals surface area contributed by atoms with E-state index in [-0.39, 0.29) is 23.2 Å². The van der Waals surface area contributed by atoms with Gasteiger partial charge in [-0.2, -0.15) is 10.5 Å². The molecule has 1 aromatic rings. The molecule has 0 aromatic heterocycles. The Bertz CT molecular complexity index is 609. The average Bonchev–Trinajstić information content (AvgIpc) is 2.44. The average molecular weight is 277 g/mol. The van der Waals surface area contributed by atoms with Crippen LogP contribution in [0.5, 0.6) is 0 Å². The first-order chi connectivity index (χ1) is 8.90. The minimum absolute atomic E-state index is 0.0541. The van der Waals surface area contributed by atoms with E-state index in [0.29, 0.717) is 5.56 Å². The lowest BCUT2D eigenvalue weighted by Crippen LogP contribution is -2.32. The van der Waals surface area contributed by atoms with Crippen molar-refractivity contribution in [2.45, 2.75) is 17.9 Å². The summed E-state index contributed by atoms with van der Waals surface area (Å²) < 4.78 is 24.1. The Morgan fingerprint density at radius 3 is 2.32 bits per heavy atom. The van der Waals surface area contributed by atoms with Crippen LogP contribution in [-0.4, -0.2) is 38.7 Å². The lowest BCUT2D eigenvalue weighted by atomic mass is 10.2. The molecule has 0 aliphatic rings. The number of benzene rings is 1. The Hall–Kier alpha value is -1.89. The van der Waals surface area contributed by atoms with Crippen LogP contribution in [0.3, 0.4) is 0 Å². The van der Waals surface area contributed by atoms with Gasteiger partial charge in [0.05, 0.1) is 34.4 Å². The second-order valence-electron chi connectivity index (χ2n) is 4.24. The molecular weight excluding hydrogens is 262 g/mol. The minimum Gasteiger partial charge on any atom is -0.290 e. The maximum atomic E-state index is 12.1. The van der Waals surface area contributed by atoms with Crippen molar-refractivity contribution >= 4 is 9.84 Å². The Morgan fingerprint density at radius 1 is 1.26 bits per heavy atom. The van der Waals surface area contributed by atoms with Crippen LogP contribution in [0.1, 0.15) is 12.5 Å². The van der Waals surface area contributed by atoms with Crippen LogP contribution >= 0.6 is 0 Å². The van der Waals surface area contributed by atoms with E-state index in [1.165, 1.54) is 24.3 Å². The van der Waals surface area contributed by atoms with Crippen LogP contribution in [0, 0.1) is 22.7 Å². The summed E-state index contributed by atoms with van der Waals surface area (Å²) in [5.41, 5.74) is 0.425. The fourth-order valence-electron chi connectivity index (χ4n) is 1.41. The highest BCUT2D eigenvalue weighted by Gasteiger charge is 2.17. The lowest BCUT2D eigenvalue weighted by Gasteiger charge is -2.18. The number of hydrogen-bond acceptors (Lipinski definition) is 5. The van der Waals surface area contributed by atoms with E-state index in [4.69, 9.17) is 10.5 Å². The molecule has 0 amide bonds. The molecule has 0 aliphatic carbocycles. The van der Waals surface area contributed by atoms with E-state index in [1.54, 1.807) is 18.9 Å². The Kier molecular flexibility index (Phi) is 5.05. The number of hydrogen-bond donors (Lipinski definition) is 0. The fraction of sp³-hybridized carbons (Fsp3) is 0.385. The van der Waals surface area contributed by atoms with Crippen molar-refractivity contribution in [1.29, 1.82) is 10.5 Å². The molecule has 1 aromatic carbocycles. The molecule has 0 N–H and O–H groups in total. The second-order valence-corrected chi connectivity index (χ2v) is 6.35. The van der Waals surface area contributed by atoms with Gasteiger partial charge in [-0.1, -0.05) is 0 Å². The molecule has 0 aliphatic heterocycles. The molecule has 0 fully saturated rings. The second kappa shape index (κ2) is 6.33. The molecule has 1 unspecified atom stereocenters. The molecular formula is C13H15N3O2S. The summed E-state index contributed by atoms with van der Waals surface area (Å²) in [5, 5.41) is 17.4. The molecule has 0 heterocycles. The monoisotopic (exact) mass is 277 g/mol. The maximum absolute atomic E-state index is 12.1. The van der Waals surface area contributed by atoms with Gasteiger partial charge < -0.3 is 0 Å². The normalized spacial score (nSPS) is 12.7. The first-order valence-electron chi connectivity index (χ1n) is 5.73. The van der Waals surface area contributed by atoms with Gasteiger partial charge in [-0.3, -0.25) is 4.90 Å². The third-order valence-electron chi connectivity index (χ3n) is 2.90. The molecule has 0 saturated heterocycles. The van der Waals surface area contributed by atoms with Crippen molar-refractivity contribution in [3.8, 4) is 12.1 Å². The van der Waals surface area contributed by atoms with Crippen LogP contribution in [0.25, 0.3) is 0 Å². The van der Waals surface area contributed by atoms with Crippen molar-refractivity contribution in [3.63, 3.8) is 0 Å². The number of rotatable bonds is 5. The van der Waals surface area contributed by atoms with E-state index in [1.807, 2.05) is 6.07 Å². The van der Waals surface area contributed by atoms with E-state index >= 15 is 0 Å². The molecule has 6 heteroatoms. The van der Waals surface area contributed by atoms with Crippen LogP contribution in [0.15, 0.2) is 29.2 Å². The molecule has 19 heavy (non-hydrogen) atoms. The largest absolute Gasteiger partial charge is 0.290 e. The van der Waals surface area contributed by atoms with Gasteiger partial charge in [0.2, 0.25) is 0 Å². The number of nitriles is 2. The van der Waals surface area contributed by atoms with E-state index in [0.717, 1.165) is 0 Å². The Balaban J connectivity index is 2.77. The molecule has 0 spiro atoms. The topological polar surface area (TPSA) is 85.0 Å². The quantitative estimate of drug-likeness (QED) is 0.806. The third-order valence-corrected chi connectivity index (χ3v) is 4.61. The van der Waals surface area contributed by atoms with Crippen LogP contribution < -0.4 is 0 Å². The highest BCUT2D eigenvalue weighted by Crippen LogP contribution is 2.12. The highest BCUT2D eigenvalue weighted by atomic mass is 32.2. The minimum atomic E-state index is -3.38. The molecule has 0 radical (unpaired) electrons. The predicted molar refractivity (Wildman–Crippen MR) is 70.9 cm³/mol. The summed E-state index contributed by atoms with van der Waals surface area (Å²) in [4.78, 5) is 1.88. The smallest absolute Gasteiger partial charge is 0.179 e. The molecule has 0 bridgehead atoms. The van der Waals surface area contributed by atoms with Gasteiger partial charge in [0.25, 0.3) is 0 Å². The first kappa shape index (κ1) is 15.2. The molecule has 100 valence electrons. The zero-order valence-electron chi connectivity index (χ0n) is 10.9. The van der Waals surface area contributed by atoms with Gasteiger partial charge >= 0.3 is 0 Å². The zero-order chi connectivity index (χ0) is 14.5. The summed E-state index contributed by atoms with van der Waals surface area (Å²) >= 11 is 0. The third kappa shape index (κ3) is 4.06. The highest BCUT2D eigenvalue weighted by molar-refractivity contribution is 7.91. The van der Waals surface area contributed by atoms with Gasteiger partial charge in [0.15, 0.2) is 9.84 Å². The van der Waals surface area contributed by atoms with Crippen molar-refractivity contribution in [2.75, 3.05) is 19.3 Å². The van der Waals surface area contributed by atoms with E-state index in [9.17, 15) is 8.42 Å². The lowest BCUT2D eigenvalue weighted by molar-refractivity contribution is 0.320. The van der Waals surface area contributed by atoms with Gasteiger partial charge in [-0.25, -0.2) is 8.42 Å². The summed E-state index contributed by atoms with van der Waals surface area (Å²) in [5.74, 6) is -0.0541. The van der Waals surface area contributed by atoms with Gasteiger partial charge in [-0.05, 0) is 38.2 Å². The maximum Gasteiger partial charge on any atom is 0.179 e. The van der Waals surface area contributed by atoms with Crippen molar-refractivity contribution in [2.24, 2.45) is 0 Å². The molecule has 0 saturated carbocycles. The SMILES string of the molecule is CC(C#N)N(C)CCS(=O)(=O)c1ccc(C#N)cc1. The Labute approximate surface area is 113 Å². The summed E-state index contributed by atoms with van der Waals surface area (Å²) in [6, 6.07) is 9.49. The molecule has 1 rings (SSSR count). The summed E-state index contributed by atoms with van der Waals surface area (Å²) in [6.45, 7) is 2.01. The number of nitrogens with zero attached hydrogens (tertiary/aromatic N) is 3. The zero-order valence-corrected chi connectivity index (χ0v) is 11.7. The standard InChI is InChI=1S/C13H15N3O2S/c1-11(9-14)16(2)7-8-19(17,18)13-5-3-12(10-15)4-6-13/h3-6,11H,7-8H2,1-2H3. The summed E-state index contributed by atoms with van der Waals surface area (Å²) in [7, 11) is -1.67. The summed E-state index contributed by atoms with van der Waals surface area (Å²) in [6.07, 6.45) is 0. The number of sulfone groups is 1. The molecule has 1 atom stereocenters. The van der Waals surface area contributed by atoms with Crippen molar-refractivity contribution in [1.82, 2.24) is 4.90 Å². The van der Waals surface area contributed by atoms with Gasteiger partial charge in [-0.15, -0.1) is 0 Å². The predicted octanol–water partition coefficient (Wildman–Crippen LogP) is 1.18. The van der Waals surface area contributed by atoms with Crippen molar-refractivity contribution in [3.05, 3.63) is 29.8 Å². The first-order valence-corrected chi connectivity index (χ1v) is 7.38. The van der Waals surface area contributed by atoms with Gasteiger partial charge in [0, 0.05) is 6.54 Å². The van der Waals surface area contributed by atoms with Gasteiger partial charge in [0.1, 0.15) is 0 Å². The Morgan fingerprint density at radius 2 is 1.84 bits per heavy atom.